The second-order valence-corrected chi connectivity index (χ2v) is 9.71. The molecule has 2 amide bonds. The van der Waals surface area contributed by atoms with Crippen LogP contribution in [0, 0.1) is 0 Å². The van der Waals surface area contributed by atoms with Gasteiger partial charge in [0.1, 0.15) is 10.8 Å². The van der Waals surface area contributed by atoms with E-state index in [0.717, 1.165) is 37.1 Å². The van der Waals surface area contributed by atoms with Crippen LogP contribution in [0.15, 0.2) is 42.9 Å². The molecule has 2 aliphatic rings. The molecule has 3 aromatic rings. The number of carbonyl (C=O) groups excluding carboxylic acids is 2. The van der Waals surface area contributed by atoms with Crippen molar-refractivity contribution in [1.82, 2.24) is 14.9 Å². The van der Waals surface area contributed by atoms with Gasteiger partial charge in [0.2, 0.25) is 0 Å². The molecule has 4 heterocycles. The van der Waals surface area contributed by atoms with E-state index in [1.807, 2.05) is 17.0 Å². The largest absolute Gasteiger partial charge is 0.352 e. The van der Waals surface area contributed by atoms with Crippen molar-refractivity contribution in [1.29, 1.82) is 0 Å². The molecular weight excluding hydrogens is 458 g/mol. The summed E-state index contributed by atoms with van der Waals surface area (Å²) < 4.78 is 0. The lowest BCUT2D eigenvalue weighted by molar-refractivity contribution is 0.0746. The van der Waals surface area contributed by atoms with Gasteiger partial charge < -0.3 is 15.1 Å². The molecule has 0 saturated carbocycles. The number of thiophene rings is 1. The zero-order chi connectivity index (χ0) is 22.8. The van der Waals surface area contributed by atoms with Crippen LogP contribution in [-0.4, -0.2) is 52.9 Å². The van der Waals surface area contributed by atoms with Crippen molar-refractivity contribution in [3.63, 3.8) is 0 Å². The fourth-order valence-corrected chi connectivity index (χ4v) is 5.96. The third-order valence-electron chi connectivity index (χ3n) is 6.14. The first-order valence-electron chi connectivity index (χ1n) is 11.1. The minimum Gasteiger partial charge on any atom is -0.352 e. The van der Waals surface area contributed by atoms with E-state index in [2.05, 4.69) is 20.2 Å². The van der Waals surface area contributed by atoms with E-state index in [1.54, 1.807) is 24.5 Å². The van der Waals surface area contributed by atoms with Crippen molar-refractivity contribution in [3.8, 4) is 0 Å². The van der Waals surface area contributed by atoms with E-state index in [4.69, 9.17) is 11.6 Å². The second-order valence-electron chi connectivity index (χ2n) is 8.20. The zero-order valence-electron chi connectivity index (χ0n) is 18.1. The Hall–Kier alpha value is -2.97. The minimum atomic E-state index is -0.245. The number of hydrogen-bond donors (Lipinski definition) is 1. The molecule has 0 spiro atoms. The number of anilines is 2. The fourth-order valence-electron chi connectivity index (χ4n) is 4.44. The third kappa shape index (κ3) is 4.45. The lowest BCUT2D eigenvalue weighted by Gasteiger charge is -2.36. The van der Waals surface area contributed by atoms with Gasteiger partial charge in [-0.15, -0.1) is 11.3 Å². The molecule has 3 aromatic heterocycles. The van der Waals surface area contributed by atoms with Crippen LogP contribution in [0.25, 0.3) is 0 Å². The maximum Gasteiger partial charge on any atom is 0.257 e. The van der Waals surface area contributed by atoms with Gasteiger partial charge in [0.05, 0.1) is 16.1 Å². The number of rotatable bonds is 4. The summed E-state index contributed by atoms with van der Waals surface area (Å²) in [5.41, 5.74) is 2.24. The molecule has 1 N–H and O–H groups in total. The number of carbonyl (C=O) groups is 2. The highest BCUT2D eigenvalue weighted by molar-refractivity contribution is 7.17. The third-order valence-corrected chi connectivity index (χ3v) is 7.64. The Labute approximate surface area is 201 Å². The summed E-state index contributed by atoms with van der Waals surface area (Å²) >= 11 is 7.85. The summed E-state index contributed by atoms with van der Waals surface area (Å²) in [6.45, 7) is 2.47. The molecule has 1 saturated heterocycles. The molecule has 0 atom stereocenters. The van der Waals surface area contributed by atoms with Crippen molar-refractivity contribution < 1.29 is 9.59 Å². The Balaban J connectivity index is 1.37. The van der Waals surface area contributed by atoms with Crippen LogP contribution in [-0.2, 0) is 12.8 Å². The predicted molar refractivity (Wildman–Crippen MR) is 131 cm³/mol. The maximum atomic E-state index is 13.7. The molecule has 0 bridgehead atoms. The van der Waals surface area contributed by atoms with Gasteiger partial charge in [0, 0.05) is 49.6 Å². The van der Waals surface area contributed by atoms with Crippen molar-refractivity contribution in [3.05, 3.63) is 69.4 Å². The van der Waals surface area contributed by atoms with E-state index in [1.165, 1.54) is 22.4 Å². The van der Waals surface area contributed by atoms with Gasteiger partial charge in [0.25, 0.3) is 11.8 Å². The van der Waals surface area contributed by atoms with Crippen molar-refractivity contribution >= 4 is 45.6 Å². The standard InChI is InChI=1S/C24H24ClN5O2S/c25-18-7-4-10-27-21(18)29-11-13-30(14-12-29)24(32)20-17-6-1-2-8-19(17)33-23(20)28-22(31)16-5-3-9-26-15-16/h3-5,7,9-10,15H,1-2,6,8,11-14H2,(H,28,31). The summed E-state index contributed by atoms with van der Waals surface area (Å²) in [6.07, 6.45) is 8.90. The number of fused-ring (bicyclic) bond motifs is 1. The van der Waals surface area contributed by atoms with Gasteiger partial charge >= 0.3 is 0 Å². The van der Waals surface area contributed by atoms with Gasteiger partial charge in [-0.2, -0.15) is 0 Å². The smallest absolute Gasteiger partial charge is 0.257 e. The number of halogens is 1. The quantitative estimate of drug-likeness (QED) is 0.601. The van der Waals surface area contributed by atoms with Gasteiger partial charge in [-0.1, -0.05) is 11.6 Å². The molecule has 170 valence electrons. The van der Waals surface area contributed by atoms with Gasteiger partial charge in [-0.25, -0.2) is 4.98 Å². The molecule has 5 rings (SSSR count). The Morgan fingerprint density at radius 2 is 1.82 bits per heavy atom. The van der Waals surface area contributed by atoms with E-state index in [0.29, 0.717) is 47.3 Å². The first-order valence-corrected chi connectivity index (χ1v) is 12.3. The summed E-state index contributed by atoms with van der Waals surface area (Å²) in [6, 6.07) is 7.09. The average Bonchev–Trinajstić information content (AvgIpc) is 3.22. The summed E-state index contributed by atoms with van der Waals surface area (Å²) in [5, 5.41) is 4.26. The van der Waals surface area contributed by atoms with Gasteiger partial charge in [0.15, 0.2) is 0 Å². The van der Waals surface area contributed by atoms with Crippen LogP contribution >= 0.6 is 22.9 Å². The van der Waals surface area contributed by atoms with Crippen LogP contribution in [0.2, 0.25) is 5.02 Å². The van der Waals surface area contributed by atoms with Crippen LogP contribution < -0.4 is 10.2 Å². The van der Waals surface area contributed by atoms with Gasteiger partial charge in [-0.3, -0.25) is 14.6 Å². The number of aryl methyl sites for hydroxylation is 1. The fraction of sp³-hybridized carbons (Fsp3) is 0.333. The van der Waals surface area contributed by atoms with E-state index >= 15 is 0 Å². The zero-order valence-corrected chi connectivity index (χ0v) is 19.7. The van der Waals surface area contributed by atoms with E-state index in [-0.39, 0.29) is 11.8 Å². The first kappa shape index (κ1) is 21.9. The van der Waals surface area contributed by atoms with E-state index < -0.39 is 0 Å². The molecule has 7 nitrogen and oxygen atoms in total. The topological polar surface area (TPSA) is 78.4 Å². The number of amides is 2. The number of aromatic nitrogens is 2. The summed E-state index contributed by atoms with van der Waals surface area (Å²) in [4.78, 5) is 40.1. The normalized spacial score (nSPS) is 15.8. The van der Waals surface area contributed by atoms with Crippen LogP contribution in [0.4, 0.5) is 10.8 Å². The lowest BCUT2D eigenvalue weighted by Crippen LogP contribution is -2.49. The highest BCUT2D eigenvalue weighted by Crippen LogP contribution is 2.39. The Morgan fingerprint density at radius 3 is 2.58 bits per heavy atom. The summed E-state index contributed by atoms with van der Waals surface area (Å²) in [5.74, 6) is 0.497. The minimum absolute atomic E-state index is 0.0114. The number of pyridine rings is 2. The molecule has 9 heteroatoms. The second kappa shape index (κ2) is 9.49. The van der Waals surface area contributed by atoms with Gasteiger partial charge in [-0.05, 0) is 55.5 Å². The number of piperazine rings is 1. The highest BCUT2D eigenvalue weighted by atomic mass is 35.5. The van der Waals surface area contributed by atoms with Crippen LogP contribution in [0.5, 0.6) is 0 Å². The Morgan fingerprint density at radius 1 is 1.03 bits per heavy atom. The molecule has 1 aliphatic carbocycles. The predicted octanol–water partition coefficient (Wildman–Crippen LogP) is 4.29. The van der Waals surface area contributed by atoms with Crippen LogP contribution in [0.1, 0.15) is 44.0 Å². The average molecular weight is 482 g/mol. The number of nitrogens with zero attached hydrogens (tertiary/aromatic N) is 4. The number of hydrogen-bond acceptors (Lipinski definition) is 6. The molecule has 1 fully saturated rings. The van der Waals surface area contributed by atoms with E-state index in [9.17, 15) is 9.59 Å². The summed E-state index contributed by atoms with van der Waals surface area (Å²) in [7, 11) is 0. The molecule has 0 radical (unpaired) electrons. The van der Waals surface area contributed by atoms with Crippen LogP contribution in [0.3, 0.4) is 0 Å². The molecular formula is C24H24ClN5O2S. The maximum absolute atomic E-state index is 13.7. The Kier molecular flexibility index (Phi) is 6.28. The highest BCUT2D eigenvalue weighted by Gasteiger charge is 2.31. The first-order chi connectivity index (χ1) is 16.1. The van der Waals surface area contributed by atoms with Crippen molar-refractivity contribution in [2.75, 3.05) is 36.4 Å². The SMILES string of the molecule is O=C(Nc1sc2c(c1C(=O)N1CCN(c3ncccc3Cl)CC1)CCCC2)c1cccnc1. The number of nitrogens with one attached hydrogen (secondary N) is 1. The lowest BCUT2D eigenvalue weighted by atomic mass is 9.95. The Bertz CT molecular complexity index is 1170. The van der Waals surface area contributed by atoms with Crippen molar-refractivity contribution in [2.24, 2.45) is 0 Å². The molecule has 33 heavy (non-hydrogen) atoms. The molecule has 0 aromatic carbocycles. The molecule has 1 aliphatic heterocycles. The molecule has 0 unspecified atom stereocenters. The monoisotopic (exact) mass is 481 g/mol. The van der Waals surface area contributed by atoms with Crippen molar-refractivity contribution in [2.45, 2.75) is 25.7 Å².